The topological polar surface area (TPSA) is 52.6 Å². The van der Waals surface area contributed by atoms with Crippen LogP contribution in [0.25, 0.3) is 0 Å². The number of fused-ring (bicyclic) bond motifs is 2. The minimum Gasteiger partial charge on any atom is -0.493 e. The Kier molecular flexibility index (Phi) is 9.43. The molecule has 46 heavy (non-hydrogen) atoms. The highest BCUT2D eigenvalue weighted by atomic mass is 16.5. The van der Waals surface area contributed by atoms with Gasteiger partial charge in [-0.2, -0.15) is 0 Å². The second-order valence-electron chi connectivity index (χ2n) is 12.6. The number of nitrogens with zero attached hydrogens (tertiary/aromatic N) is 2. The van der Waals surface area contributed by atoms with Crippen molar-refractivity contribution in [3.05, 3.63) is 106 Å². The van der Waals surface area contributed by atoms with Crippen molar-refractivity contribution in [2.24, 2.45) is 0 Å². The van der Waals surface area contributed by atoms with Crippen LogP contribution < -0.4 is 23.7 Å². The van der Waals surface area contributed by atoms with Gasteiger partial charge in [-0.3, -0.25) is 9.80 Å². The molecule has 242 valence electrons. The van der Waals surface area contributed by atoms with Crippen LogP contribution >= 0.6 is 0 Å². The lowest BCUT2D eigenvalue weighted by atomic mass is 9.88. The predicted molar refractivity (Wildman–Crippen MR) is 182 cm³/mol. The molecule has 2 aliphatic heterocycles. The van der Waals surface area contributed by atoms with Gasteiger partial charge in [0.15, 0.2) is 23.0 Å². The van der Waals surface area contributed by atoms with E-state index in [-0.39, 0.29) is 12.1 Å². The van der Waals surface area contributed by atoms with Crippen LogP contribution in [-0.4, -0.2) is 65.4 Å². The van der Waals surface area contributed by atoms with Crippen LogP contribution in [0.5, 0.6) is 34.5 Å². The van der Waals surface area contributed by atoms with E-state index in [1.165, 1.54) is 33.4 Å². The van der Waals surface area contributed by atoms with Gasteiger partial charge in [0, 0.05) is 25.2 Å². The molecule has 0 saturated heterocycles. The first-order valence-electron chi connectivity index (χ1n) is 16.1. The summed E-state index contributed by atoms with van der Waals surface area (Å²) in [5.74, 6) is 4.86. The van der Waals surface area contributed by atoms with E-state index in [1.807, 2.05) is 0 Å². The van der Waals surface area contributed by atoms with Crippen molar-refractivity contribution < 1.29 is 23.7 Å². The molecule has 7 nitrogen and oxygen atoms in total. The molecular weight excluding hydrogens is 576 g/mol. The van der Waals surface area contributed by atoms with Crippen molar-refractivity contribution in [2.45, 2.75) is 44.7 Å². The maximum atomic E-state index is 6.49. The molecule has 0 amide bonds. The number of ether oxygens (including phenoxy) is 5. The Labute approximate surface area is 273 Å². The number of aryl methyl sites for hydroxylation is 1. The third-order valence-corrected chi connectivity index (χ3v) is 9.80. The molecule has 4 aromatic carbocycles. The number of hydrogen-bond donors (Lipinski definition) is 0. The van der Waals surface area contributed by atoms with E-state index < -0.39 is 0 Å². The molecule has 0 aromatic heterocycles. The molecule has 4 aromatic rings. The van der Waals surface area contributed by atoms with Crippen LogP contribution in [0.4, 0.5) is 0 Å². The van der Waals surface area contributed by atoms with Gasteiger partial charge in [0.1, 0.15) is 11.5 Å². The molecule has 0 spiro atoms. The van der Waals surface area contributed by atoms with Gasteiger partial charge in [0.25, 0.3) is 0 Å². The third kappa shape index (κ3) is 6.39. The summed E-state index contributed by atoms with van der Waals surface area (Å²) >= 11 is 0. The first kappa shape index (κ1) is 31.8. The molecule has 0 saturated carbocycles. The Morgan fingerprint density at radius 2 is 1.02 bits per heavy atom. The van der Waals surface area contributed by atoms with E-state index in [0.29, 0.717) is 0 Å². The molecular formula is C39H46N2O5. The number of rotatable bonds is 10. The highest BCUT2D eigenvalue weighted by Crippen LogP contribution is 2.41. The van der Waals surface area contributed by atoms with Crippen molar-refractivity contribution in [1.82, 2.24) is 9.80 Å². The standard InChI is InChI=1S/C39H46N2O5/c1-25-8-9-27(19-34-32-24-39(45-7)37(43-5)22-29(32)15-17-41(34)3)20-35(25)46-30-12-10-26(11-13-30)18-33-31-23-38(44-6)36(42-4)21-28(31)14-16-40(33)2/h8-13,20-24,33-34H,14-19H2,1-7H3/t33-,34-/m1/s1. The van der Waals surface area contributed by atoms with Crippen molar-refractivity contribution in [2.75, 3.05) is 55.6 Å². The fourth-order valence-electron chi connectivity index (χ4n) is 6.99. The lowest BCUT2D eigenvalue weighted by Gasteiger charge is -2.35. The normalized spacial score (nSPS) is 18.0. The fraction of sp³-hybridized carbons (Fsp3) is 0.385. The Hall–Kier alpha value is -4.20. The Balaban J connectivity index is 1.18. The molecule has 7 heteroatoms. The van der Waals surface area contributed by atoms with E-state index in [2.05, 4.69) is 97.5 Å². The van der Waals surface area contributed by atoms with Gasteiger partial charge in [-0.1, -0.05) is 24.3 Å². The van der Waals surface area contributed by atoms with Gasteiger partial charge in [-0.25, -0.2) is 0 Å². The number of benzene rings is 4. The van der Waals surface area contributed by atoms with Gasteiger partial charge in [0.2, 0.25) is 0 Å². The summed E-state index contributed by atoms with van der Waals surface area (Å²) in [6.07, 6.45) is 3.77. The number of methoxy groups -OCH3 is 4. The zero-order chi connectivity index (χ0) is 32.4. The van der Waals surface area contributed by atoms with E-state index >= 15 is 0 Å². The first-order valence-corrected chi connectivity index (χ1v) is 16.1. The summed E-state index contributed by atoms with van der Waals surface area (Å²) in [4.78, 5) is 4.87. The summed E-state index contributed by atoms with van der Waals surface area (Å²) in [6.45, 7) is 4.11. The van der Waals surface area contributed by atoms with Crippen LogP contribution in [0.2, 0.25) is 0 Å². The summed E-state index contributed by atoms with van der Waals surface area (Å²) < 4.78 is 28.9. The average Bonchev–Trinajstić information content (AvgIpc) is 3.08. The SMILES string of the molecule is COc1cc2c(cc1OC)[C@@H](Cc1ccc(Oc3cc(C[C@@H]4c5cc(OC)c(OC)cc5CCN4C)ccc3C)cc1)N(C)CC2. The van der Waals surface area contributed by atoms with Crippen molar-refractivity contribution in [3.63, 3.8) is 0 Å². The van der Waals surface area contributed by atoms with Gasteiger partial charge in [-0.05, 0) is 128 Å². The van der Waals surface area contributed by atoms with E-state index in [9.17, 15) is 0 Å². The van der Waals surface area contributed by atoms with E-state index in [1.54, 1.807) is 28.4 Å². The van der Waals surface area contributed by atoms with Crippen LogP contribution in [0.15, 0.2) is 66.7 Å². The van der Waals surface area contributed by atoms with Crippen LogP contribution in [0, 0.1) is 6.92 Å². The van der Waals surface area contributed by atoms with Crippen LogP contribution in [0.3, 0.4) is 0 Å². The summed E-state index contributed by atoms with van der Waals surface area (Å²) in [6, 6.07) is 24.2. The predicted octanol–water partition coefficient (Wildman–Crippen LogP) is 7.37. The van der Waals surface area contributed by atoms with Gasteiger partial charge in [0.05, 0.1) is 28.4 Å². The Bertz CT molecular complexity index is 1690. The zero-order valence-electron chi connectivity index (χ0n) is 28.2. The molecule has 6 rings (SSSR count). The second kappa shape index (κ2) is 13.7. The number of likely N-dealkylation sites (N-methyl/N-ethyl adjacent to an activating group) is 2. The summed E-state index contributed by atoms with van der Waals surface area (Å²) in [7, 11) is 11.2. The van der Waals surface area contributed by atoms with E-state index in [0.717, 1.165) is 78.8 Å². The van der Waals surface area contributed by atoms with Gasteiger partial charge in [-0.15, -0.1) is 0 Å². The molecule has 2 atom stereocenters. The van der Waals surface area contributed by atoms with Gasteiger partial charge < -0.3 is 23.7 Å². The average molecular weight is 623 g/mol. The van der Waals surface area contributed by atoms with Crippen LogP contribution in [-0.2, 0) is 25.7 Å². The summed E-state index contributed by atoms with van der Waals surface area (Å²) in [5.41, 5.74) is 8.88. The monoisotopic (exact) mass is 622 g/mol. The maximum absolute atomic E-state index is 6.49. The quantitative estimate of drug-likeness (QED) is 0.183. The van der Waals surface area contributed by atoms with Crippen LogP contribution in [0.1, 0.15) is 51.0 Å². The van der Waals surface area contributed by atoms with E-state index in [4.69, 9.17) is 23.7 Å². The van der Waals surface area contributed by atoms with Crippen molar-refractivity contribution in [3.8, 4) is 34.5 Å². The smallest absolute Gasteiger partial charge is 0.161 e. The van der Waals surface area contributed by atoms with Gasteiger partial charge >= 0.3 is 0 Å². The number of hydrogen-bond acceptors (Lipinski definition) is 7. The Morgan fingerprint density at radius 1 is 0.565 bits per heavy atom. The molecule has 2 heterocycles. The second-order valence-corrected chi connectivity index (χ2v) is 12.6. The molecule has 0 aliphatic carbocycles. The lowest BCUT2D eigenvalue weighted by molar-refractivity contribution is 0.228. The maximum Gasteiger partial charge on any atom is 0.161 e. The molecule has 0 N–H and O–H groups in total. The highest BCUT2D eigenvalue weighted by Gasteiger charge is 2.28. The summed E-state index contributed by atoms with van der Waals surface area (Å²) in [5, 5.41) is 0. The third-order valence-electron chi connectivity index (χ3n) is 9.80. The zero-order valence-corrected chi connectivity index (χ0v) is 28.2. The molecule has 0 radical (unpaired) electrons. The van der Waals surface area contributed by atoms with Crippen molar-refractivity contribution in [1.29, 1.82) is 0 Å². The fourth-order valence-corrected chi connectivity index (χ4v) is 6.99. The highest BCUT2D eigenvalue weighted by molar-refractivity contribution is 5.51. The largest absolute Gasteiger partial charge is 0.493 e. The molecule has 0 unspecified atom stereocenters. The minimum absolute atomic E-state index is 0.238. The lowest BCUT2D eigenvalue weighted by Crippen LogP contribution is -2.33. The van der Waals surface area contributed by atoms with Crippen molar-refractivity contribution >= 4 is 0 Å². The molecule has 0 fully saturated rings. The molecule has 0 bridgehead atoms. The first-order chi connectivity index (χ1) is 22.3. The minimum atomic E-state index is 0.238. The molecule has 2 aliphatic rings. The Morgan fingerprint density at radius 3 is 1.52 bits per heavy atom.